The zero-order chi connectivity index (χ0) is 11.0. The quantitative estimate of drug-likeness (QED) is 0.657. The van der Waals surface area contributed by atoms with Gasteiger partial charge >= 0.3 is 0 Å². The predicted octanol–water partition coefficient (Wildman–Crippen LogP) is 4.06. The largest absolute Gasteiger partial charge is 0.298 e. The lowest BCUT2D eigenvalue weighted by Crippen LogP contribution is -1.84. The standard InChI is InChI=1S/C11H10O.C2H6.H2/c1-3-10-6-5-9(8-12)7-11(10)4-2;1-2;/h3-8H,1-2H2;1-2H3;1H. The van der Waals surface area contributed by atoms with E-state index in [4.69, 9.17) is 0 Å². The molecule has 0 spiro atoms. The molecule has 76 valence electrons. The van der Waals surface area contributed by atoms with Gasteiger partial charge in [-0.25, -0.2) is 0 Å². The molecule has 0 fully saturated rings. The van der Waals surface area contributed by atoms with E-state index < -0.39 is 0 Å². The van der Waals surface area contributed by atoms with Crippen LogP contribution in [0, 0.1) is 0 Å². The second kappa shape index (κ2) is 6.84. The SMILES string of the molecule is C=Cc1ccc(C=O)cc1C=C.CC.[HH]. The Morgan fingerprint density at radius 2 is 1.71 bits per heavy atom. The fourth-order valence-electron chi connectivity index (χ4n) is 1.03. The van der Waals surface area contributed by atoms with E-state index in [1.807, 2.05) is 19.9 Å². The first-order chi connectivity index (χ1) is 6.81. The van der Waals surface area contributed by atoms with Crippen LogP contribution in [-0.2, 0) is 0 Å². The normalized spacial score (nSPS) is 8.14. The van der Waals surface area contributed by atoms with E-state index in [0.717, 1.165) is 17.4 Å². The van der Waals surface area contributed by atoms with Crippen LogP contribution < -0.4 is 0 Å². The van der Waals surface area contributed by atoms with Crippen LogP contribution in [0.15, 0.2) is 31.4 Å². The lowest BCUT2D eigenvalue weighted by atomic mass is 10.0. The molecule has 0 heterocycles. The van der Waals surface area contributed by atoms with Gasteiger partial charge in [0.15, 0.2) is 0 Å². The lowest BCUT2D eigenvalue weighted by Gasteiger charge is -2.00. The molecule has 0 aliphatic carbocycles. The summed E-state index contributed by atoms with van der Waals surface area (Å²) in [5.41, 5.74) is 2.60. The number of hydrogen-bond donors (Lipinski definition) is 0. The number of aldehydes is 1. The molecule has 0 amide bonds. The molecular formula is C13H18O. The van der Waals surface area contributed by atoms with Gasteiger partial charge in [-0.3, -0.25) is 4.79 Å². The molecule has 0 saturated carbocycles. The number of hydrogen-bond acceptors (Lipinski definition) is 1. The van der Waals surface area contributed by atoms with Crippen LogP contribution in [0.1, 0.15) is 36.8 Å². The summed E-state index contributed by atoms with van der Waals surface area (Å²) in [7, 11) is 0. The molecule has 1 aromatic carbocycles. The molecule has 0 unspecified atom stereocenters. The first kappa shape index (κ1) is 12.4. The average molecular weight is 190 g/mol. The van der Waals surface area contributed by atoms with Crippen LogP contribution >= 0.6 is 0 Å². The van der Waals surface area contributed by atoms with Gasteiger partial charge in [0.2, 0.25) is 0 Å². The van der Waals surface area contributed by atoms with Gasteiger partial charge in [-0.15, -0.1) is 0 Å². The number of carbonyl (C=O) groups excluding carboxylic acids is 1. The predicted molar refractivity (Wildman–Crippen MR) is 65.5 cm³/mol. The van der Waals surface area contributed by atoms with Gasteiger partial charge < -0.3 is 0 Å². The van der Waals surface area contributed by atoms with Crippen molar-refractivity contribution in [1.29, 1.82) is 0 Å². The summed E-state index contributed by atoms with van der Waals surface area (Å²) in [6.45, 7) is 11.3. The molecule has 0 radical (unpaired) electrons. The maximum absolute atomic E-state index is 10.4. The minimum atomic E-state index is 0. The molecule has 0 aliphatic rings. The monoisotopic (exact) mass is 190 g/mol. The Hall–Kier alpha value is -1.63. The second-order valence-corrected chi connectivity index (χ2v) is 2.41. The summed E-state index contributed by atoms with van der Waals surface area (Å²) in [5.74, 6) is 0. The second-order valence-electron chi connectivity index (χ2n) is 2.41. The topological polar surface area (TPSA) is 17.1 Å². The van der Waals surface area contributed by atoms with Crippen LogP contribution in [0.25, 0.3) is 12.2 Å². The Morgan fingerprint density at radius 3 is 2.14 bits per heavy atom. The molecule has 0 N–H and O–H groups in total. The van der Waals surface area contributed by atoms with E-state index in [1.165, 1.54) is 0 Å². The number of rotatable bonds is 3. The molecule has 0 aliphatic heterocycles. The summed E-state index contributed by atoms with van der Waals surface area (Å²) in [4.78, 5) is 10.4. The summed E-state index contributed by atoms with van der Waals surface area (Å²) in [5, 5.41) is 0. The maximum atomic E-state index is 10.4. The van der Waals surface area contributed by atoms with Gasteiger partial charge in [-0.05, 0) is 17.2 Å². The maximum Gasteiger partial charge on any atom is 0.150 e. The first-order valence-corrected chi connectivity index (χ1v) is 4.66. The van der Waals surface area contributed by atoms with E-state index in [-0.39, 0.29) is 1.43 Å². The molecule has 14 heavy (non-hydrogen) atoms. The molecule has 1 aromatic rings. The van der Waals surface area contributed by atoms with Crippen molar-refractivity contribution in [1.82, 2.24) is 0 Å². The summed E-state index contributed by atoms with van der Waals surface area (Å²) in [6.07, 6.45) is 4.27. The summed E-state index contributed by atoms with van der Waals surface area (Å²) < 4.78 is 0. The Labute approximate surface area is 87.3 Å². The van der Waals surface area contributed by atoms with Crippen LogP contribution in [-0.4, -0.2) is 6.29 Å². The zero-order valence-corrected chi connectivity index (χ0v) is 8.79. The third-order valence-corrected chi connectivity index (χ3v) is 1.69. The van der Waals surface area contributed by atoms with E-state index >= 15 is 0 Å². The van der Waals surface area contributed by atoms with Gasteiger partial charge in [0.05, 0.1) is 0 Å². The van der Waals surface area contributed by atoms with Crippen molar-refractivity contribution in [3.05, 3.63) is 48.0 Å². The smallest absolute Gasteiger partial charge is 0.150 e. The van der Waals surface area contributed by atoms with Crippen molar-refractivity contribution < 1.29 is 6.22 Å². The summed E-state index contributed by atoms with van der Waals surface area (Å²) in [6, 6.07) is 5.40. The van der Waals surface area contributed by atoms with Crippen molar-refractivity contribution in [2.24, 2.45) is 0 Å². The van der Waals surface area contributed by atoms with Crippen molar-refractivity contribution in [3.8, 4) is 0 Å². The first-order valence-electron chi connectivity index (χ1n) is 4.66. The molecule has 0 aromatic heterocycles. The minimum Gasteiger partial charge on any atom is -0.298 e. The van der Waals surface area contributed by atoms with Crippen LogP contribution in [0.3, 0.4) is 0 Å². The highest BCUT2D eigenvalue weighted by Crippen LogP contribution is 2.13. The lowest BCUT2D eigenvalue weighted by molar-refractivity contribution is 0.112. The highest BCUT2D eigenvalue weighted by molar-refractivity contribution is 5.78. The highest BCUT2D eigenvalue weighted by atomic mass is 16.1. The number of benzene rings is 1. The number of carbonyl (C=O) groups is 1. The van der Waals surface area contributed by atoms with Gasteiger partial charge in [0.1, 0.15) is 6.29 Å². The van der Waals surface area contributed by atoms with Crippen LogP contribution in [0.2, 0.25) is 0 Å². The molecule has 1 nitrogen and oxygen atoms in total. The fourth-order valence-corrected chi connectivity index (χ4v) is 1.03. The van der Waals surface area contributed by atoms with Crippen LogP contribution in [0.5, 0.6) is 0 Å². The highest BCUT2D eigenvalue weighted by Gasteiger charge is 1.96. The molecule has 0 saturated heterocycles. The Kier molecular flexibility index (Phi) is 6.04. The van der Waals surface area contributed by atoms with Crippen molar-refractivity contribution in [2.45, 2.75) is 13.8 Å². The zero-order valence-electron chi connectivity index (χ0n) is 8.79. The fraction of sp³-hybridized carbons (Fsp3) is 0.154. The van der Waals surface area contributed by atoms with Crippen LogP contribution in [0.4, 0.5) is 0 Å². The van der Waals surface area contributed by atoms with E-state index in [9.17, 15) is 4.79 Å². The van der Waals surface area contributed by atoms with Crippen molar-refractivity contribution >= 4 is 18.4 Å². The van der Waals surface area contributed by atoms with E-state index in [0.29, 0.717) is 5.56 Å². The molecule has 1 heteroatoms. The van der Waals surface area contributed by atoms with Gasteiger partial charge in [0, 0.05) is 6.99 Å². The van der Waals surface area contributed by atoms with Crippen molar-refractivity contribution in [3.63, 3.8) is 0 Å². The Balaban J connectivity index is 0. The third kappa shape index (κ3) is 3.02. The van der Waals surface area contributed by atoms with E-state index in [1.54, 1.807) is 24.3 Å². The summed E-state index contributed by atoms with van der Waals surface area (Å²) >= 11 is 0. The Morgan fingerprint density at radius 1 is 1.14 bits per heavy atom. The minimum absolute atomic E-state index is 0. The van der Waals surface area contributed by atoms with Crippen molar-refractivity contribution in [2.75, 3.05) is 0 Å². The van der Waals surface area contributed by atoms with Gasteiger partial charge in [-0.2, -0.15) is 0 Å². The average Bonchev–Trinajstić information content (AvgIpc) is 2.30. The molecule has 0 bridgehead atoms. The Bertz CT molecular complexity index is 329. The third-order valence-electron chi connectivity index (χ3n) is 1.69. The van der Waals surface area contributed by atoms with Gasteiger partial charge in [0.25, 0.3) is 0 Å². The van der Waals surface area contributed by atoms with Gasteiger partial charge in [-0.1, -0.05) is 51.3 Å². The van der Waals surface area contributed by atoms with E-state index in [2.05, 4.69) is 13.2 Å². The molecule has 0 atom stereocenters. The molecular weight excluding hydrogens is 172 g/mol. The molecule has 1 rings (SSSR count).